The molecule has 0 atom stereocenters. The number of hydrogen-bond acceptors (Lipinski definition) is 7. The highest BCUT2D eigenvalue weighted by Crippen LogP contribution is 2.42. The molecule has 0 saturated heterocycles. The van der Waals surface area contributed by atoms with E-state index < -0.39 is 0 Å². The van der Waals surface area contributed by atoms with Crippen LogP contribution in [0.3, 0.4) is 0 Å². The van der Waals surface area contributed by atoms with E-state index in [4.69, 9.17) is 30.2 Å². The van der Waals surface area contributed by atoms with Crippen LogP contribution in [0.4, 0.5) is 4.39 Å². The molecule has 9 heteroatoms. The molecule has 0 aliphatic carbocycles. The van der Waals surface area contributed by atoms with E-state index >= 15 is 0 Å². The van der Waals surface area contributed by atoms with Gasteiger partial charge in [0.15, 0.2) is 11.5 Å². The molecule has 30 heavy (non-hydrogen) atoms. The second-order valence-corrected chi connectivity index (χ2v) is 7.33. The van der Waals surface area contributed by atoms with Crippen molar-refractivity contribution in [3.63, 3.8) is 0 Å². The predicted octanol–water partition coefficient (Wildman–Crippen LogP) is 6.02. The van der Waals surface area contributed by atoms with Gasteiger partial charge in [-0.2, -0.15) is 0 Å². The first kappa shape index (κ1) is 22.2. The molecule has 0 saturated carbocycles. The van der Waals surface area contributed by atoms with E-state index in [1.165, 1.54) is 23.9 Å². The van der Waals surface area contributed by atoms with Crippen LogP contribution >= 0.6 is 23.4 Å². The van der Waals surface area contributed by atoms with Crippen LogP contribution in [0.2, 0.25) is 5.02 Å². The Morgan fingerprint density at radius 2 is 1.63 bits per heavy atom. The van der Waals surface area contributed by atoms with E-state index in [-0.39, 0.29) is 5.82 Å². The summed E-state index contributed by atoms with van der Waals surface area (Å²) in [4.78, 5) is 0. The van der Waals surface area contributed by atoms with E-state index in [1.54, 1.807) is 18.2 Å². The summed E-state index contributed by atoms with van der Waals surface area (Å²) in [6.07, 6.45) is 0. The molecule has 3 aromatic rings. The molecule has 0 aliphatic rings. The molecule has 0 bridgehead atoms. The van der Waals surface area contributed by atoms with Gasteiger partial charge in [0.2, 0.25) is 11.6 Å². The van der Waals surface area contributed by atoms with Gasteiger partial charge in [-0.05, 0) is 50.6 Å². The van der Waals surface area contributed by atoms with Gasteiger partial charge >= 0.3 is 0 Å². The smallest absolute Gasteiger partial charge is 0.277 e. The standard InChI is InChI=1S/C21H22ClFN2O4S/c1-4-26-17-9-14(10-18(27-5-2)19(17)28-6-3)20-24-25-21(29-20)30-12-13-7-8-15(23)11-16(13)22/h7-11H,4-6,12H2,1-3H3. The molecule has 160 valence electrons. The molecule has 0 radical (unpaired) electrons. The van der Waals surface area contributed by atoms with Gasteiger partial charge in [0, 0.05) is 16.3 Å². The van der Waals surface area contributed by atoms with Crippen LogP contribution < -0.4 is 14.2 Å². The zero-order chi connectivity index (χ0) is 21.5. The zero-order valence-electron chi connectivity index (χ0n) is 16.9. The van der Waals surface area contributed by atoms with Gasteiger partial charge in [0.25, 0.3) is 5.22 Å². The highest BCUT2D eigenvalue weighted by atomic mass is 35.5. The van der Waals surface area contributed by atoms with Gasteiger partial charge in [-0.25, -0.2) is 4.39 Å². The fraction of sp³-hybridized carbons (Fsp3) is 0.333. The molecule has 0 aliphatic heterocycles. The van der Waals surface area contributed by atoms with Gasteiger partial charge in [-0.1, -0.05) is 29.4 Å². The Bertz CT molecular complexity index is 972. The van der Waals surface area contributed by atoms with E-state index in [9.17, 15) is 4.39 Å². The van der Waals surface area contributed by atoms with E-state index in [0.29, 0.717) is 64.5 Å². The number of aromatic nitrogens is 2. The predicted molar refractivity (Wildman–Crippen MR) is 114 cm³/mol. The number of thioether (sulfide) groups is 1. The quantitative estimate of drug-likeness (QED) is 0.348. The van der Waals surface area contributed by atoms with Crippen molar-refractivity contribution in [1.29, 1.82) is 0 Å². The Kier molecular flexibility index (Phi) is 7.81. The lowest BCUT2D eigenvalue weighted by Crippen LogP contribution is -2.03. The average Bonchev–Trinajstić information content (AvgIpc) is 3.19. The minimum absolute atomic E-state index is 0.327. The molecule has 3 rings (SSSR count). The van der Waals surface area contributed by atoms with Gasteiger partial charge in [-0.15, -0.1) is 10.2 Å². The molecule has 0 spiro atoms. The maximum atomic E-state index is 13.2. The lowest BCUT2D eigenvalue weighted by molar-refractivity contribution is 0.261. The first-order chi connectivity index (χ1) is 14.5. The van der Waals surface area contributed by atoms with Gasteiger partial charge in [-0.3, -0.25) is 0 Å². The van der Waals surface area contributed by atoms with Crippen LogP contribution in [0.25, 0.3) is 11.5 Å². The third kappa shape index (κ3) is 5.37. The molecule has 1 heterocycles. The van der Waals surface area contributed by atoms with Crippen molar-refractivity contribution >= 4 is 23.4 Å². The molecule has 0 amide bonds. The van der Waals surface area contributed by atoms with Crippen LogP contribution in [0.1, 0.15) is 26.3 Å². The molecule has 0 unspecified atom stereocenters. The topological polar surface area (TPSA) is 66.6 Å². The summed E-state index contributed by atoms with van der Waals surface area (Å²) in [5.74, 6) is 2.06. The Labute approximate surface area is 183 Å². The van der Waals surface area contributed by atoms with Crippen molar-refractivity contribution in [3.05, 3.63) is 46.7 Å². The first-order valence-corrected chi connectivity index (χ1v) is 10.9. The number of halogens is 2. The summed E-state index contributed by atoms with van der Waals surface area (Å²) in [7, 11) is 0. The number of benzene rings is 2. The Morgan fingerprint density at radius 3 is 2.23 bits per heavy atom. The number of nitrogens with zero attached hydrogens (tertiary/aromatic N) is 2. The molecule has 0 N–H and O–H groups in total. The summed E-state index contributed by atoms with van der Waals surface area (Å²) >= 11 is 7.39. The highest BCUT2D eigenvalue weighted by Gasteiger charge is 2.19. The van der Waals surface area contributed by atoms with Crippen molar-refractivity contribution < 1.29 is 23.0 Å². The number of ether oxygens (including phenoxy) is 3. The summed E-state index contributed by atoms with van der Waals surface area (Å²) in [5, 5.41) is 8.94. The highest BCUT2D eigenvalue weighted by molar-refractivity contribution is 7.98. The van der Waals surface area contributed by atoms with Crippen LogP contribution in [-0.4, -0.2) is 30.0 Å². The van der Waals surface area contributed by atoms with Crippen LogP contribution in [0.5, 0.6) is 17.2 Å². The molecule has 2 aromatic carbocycles. The van der Waals surface area contributed by atoms with Crippen molar-refractivity contribution in [2.24, 2.45) is 0 Å². The Balaban J connectivity index is 1.84. The van der Waals surface area contributed by atoms with Crippen molar-refractivity contribution in [2.75, 3.05) is 19.8 Å². The van der Waals surface area contributed by atoms with Crippen molar-refractivity contribution in [3.8, 4) is 28.7 Å². The van der Waals surface area contributed by atoms with Crippen LogP contribution in [0.15, 0.2) is 40.0 Å². The molecular formula is C21H22ClFN2O4S. The third-order valence-corrected chi connectivity index (χ3v) is 5.15. The first-order valence-electron chi connectivity index (χ1n) is 9.52. The summed E-state index contributed by atoms with van der Waals surface area (Å²) in [5.41, 5.74) is 1.44. The minimum atomic E-state index is -0.375. The Hall–Kier alpha value is -2.45. The number of hydrogen-bond donors (Lipinski definition) is 0. The fourth-order valence-electron chi connectivity index (χ4n) is 2.68. The zero-order valence-corrected chi connectivity index (χ0v) is 18.5. The van der Waals surface area contributed by atoms with Crippen LogP contribution in [0, 0.1) is 5.82 Å². The number of rotatable bonds is 10. The summed E-state index contributed by atoms with van der Waals surface area (Å²) < 4.78 is 36.2. The van der Waals surface area contributed by atoms with Gasteiger partial charge in [0.05, 0.1) is 19.8 Å². The molecule has 0 fully saturated rings. The Morgan fingerprint density at radius 1 is 0.967 bits per heavy atom. The molecule has 6 nitrogen and oxygen atoms in total. The van der Waals surface area contributed by atoms with Gasteiger partial charge < -0.3 is 18.6 Å². The second kappa shape index (κ2) is 10.5. The van der Waals surface area contributed by atoms with Crippen molar-refractivity contribution in [2.45, 2.75) is 31.7 Å². The van der Waals surface area contributed by atoms with E-state index in [2.05, 4.69) is 10.2 Å². The van der Waals surface area contributed by atoms with E-state index in [1.807, 2.05) is 20.8 Å². The molecule has 1 aromatic heterocycles. The summed E-state index contributed by atoms with van der Waals surface area (Å²) in [6, 6.07) is 7.86. The summed E-state index contributed by atoms with van der Waals surface area (Å²) in [6.45, 7) is 7.10. The maximum absolute atomic E-state index is 13.2. The van der Waals surface area contributed by atoms with Crippen molar-refractivity contribution in [1.82, 2.24) is 10.2 Å². The fourth-order valence-corrected chi connectivity index (χ4v) is 3.76. The lowest BCUT2D eigenvalue weighted by atomic mass is 10.2. The average molecular weight is 453 g/mol. The largest absolute Gasteiger partial charge is 0.490 e. The SMILES string of the molecule is CCOc1cc(-c2nnc(SCc3ccc(F)cc3Cl)o2)cc(OCC)c1OCC. The lowest BCUT2D eigenvalue weighted by Gasteiger charge is -2.16. The van der Waals surface area contributed by atoms with E-state index in [0.717, 1.165) is 5.56 Å². The molecular weight excluding hydrogens is 431 g/mol. The third-order valence-electron chi connectivity index (χ3n) is 3.93. The van der Waals surface area contributed by atoms with Gasteiger partial charge in [0.1, 0.15) is 5.82 Å². The maximum Gasteiger partial charge on any atom is 0.277 e. The normalized spacial score (nSPS) is 10.8. The van der Waals surface area contributed by atoms with Crippen LogP contribution in [-0.2, 0) is 5.75 Å². The minimum Gasteiger partial charge on any atom is -0.490 e. The second-order valence-electron chi connectivity index (χ2n) is 6.00. The monoisotopic (exact) mass is 452 g/mol.